The molecule has 0 aromatic heterocycles. The van der Waals surface area contributed by atoms with Crippen LogP contribution in [0.25, 0.3) is 0 Å². The predicted octanol–water partition coefficient (Wildman–Crippen LogP) is 3.18. The van der Waals surface area contributed by atoms with Gasteiger partial charge in [0.25, 0.3) is 0 Å². The van der Waals surface area contributed by atoms with E-state index < -0.39 is 0 Å². The third kappa shape index (κ3) is 3.48. The van der Waals surface area contributed by atoms with Gasteiger partial charge in [-0.15, -0.1) is 0 Å². The molecule has 0 unspecified atom stereocenters. The highest BCUT2D eigenvalue weighted by atomic mass is 16.5. The lowest BCUT2D eigenvalue weighted by Gasteiger charge is -2.36. The first-order valence-electron chi connectivity index (χ1n) is 7.17. The van der Waals surface area contributed by atoms with E-state index in [4.69, 9.17) is 15.2 Å². The maximum absolute atomic E-state index is 6.20. The first kappa shape index (κ1) is 14.4. The molecule has 2 rings (SSSR count). The Labute approximate surface area is 116 Å². The van der Waals surface area contributed by atoms with Gasteiger partial charge in [-0.1, -0.05) is 37.0 Å². The fourth-order valence-electron chi connectivity index (χ4n) is 2.85. The van der Waals surface area contributed by atoms with E-state index in [9.17, 15) is 0 Å². The average molecular weight is 263 g/mol. The first-order chi connectivity index (χ1) is 9.19. The van der Waals surface area contributed by atoms with Crippen LogP contribution in [0.1, 0.15) is 43.2 Å². The van der Waals surface area contributed by atoms with Crippen LogP contribution in [0.5, 0.6) is 5.75 Å². The van der Waals surface area contributed by atoms with Gasteiger partial charge in [-0.2, -0.15) is 0 Å². The number of aryl methyl sites for hydroxylation is 1. The Kier molecular flexibility index (Phi) is 4.83. The van der Waals surface area contributed by atoms with Gasteiger partial charge >= 0.3 is 0 Å². The van der Waals surface area contributed by atoms with Crippen molar-refractivity contribution in [1.29, 1.82) is 0 Å². The summed E-state index contributed by atoms with van der Waals surface area (Å²) in [4.78, 5) is 0. The number of methoxy groups -OCH3 is 1. The van der Waals surface area contributed by atoms with Crippen molar-refractivity contribution < 1.29 is 9.47 Å². The van der Waals surface area contributed by atoms with Crippen LogP contribution < -0.4 is 10.5 Å². The molecule has 3 nitrogen and oxygen atoms in total. The second kappa shape index (κ2) is 6.40. The van der Waals surface area contributed by atoms with Gasteiger partial charge in [0.2, 0.25) is 0 Å². The van der Waals surface area contributed by atoms with Crippen molar-refractivity contribution in [1.82, 2.24) is 0 Å². The zero-order chi connectivity index (χ0) is 13.7. The molecule has 1 fully saturated rings. The Morgan fingerprint density at radius 2 is 1.95 bits per heavy atom. The van der Waals surface area contributed by atoms with Crippen molar-refractivity contribution in [2.75, 3.05) is 13.7 Å². The monoisotopic (exact) mass is 263 g/mol. The van der Waals surface area contributed by atoms with Gasteiger partial charge in [-0.05, 0) is 25.8 Å². The summed E-state index contributed by atoms with van der Waals surface area (Å²) in [6.45, 7) is 3.28. The predicted molar refractivity (Wildman–Crippen MR) is 77.4 cm³/mol. The molecule has 1 aromatic rings. The molecule has 0 spiro atoms. The summed E-state index contributed by atoms with van der Waals surface area (Å²) < 4.78 is 11.6. The van der Waals surface area contributed by atoms with Crippen molar-refractivity contribution in [2.45, 2.75) is 51.2 Å². The normalized spacial score (nSPS) is 18.3. The minimum atomic E-state index is -0.118. The Hall–Kier alpha value is -1.06. The Morgan fingerprint density at radius 3 is 2.58 bits per heavy atom. The van der Waals surface area contributed by atoms with E-state index in [1.165, 1.54) is 24.8 Å². The Bertz CT molecular complexity index is 411. The molecular formula is C16H25NO2. The van der Waals surface area contributed by atoms with Gasteiger partial charge in [-0.3, -0.25) is 0 Å². The number of nitrogens with two attached hydrogens (primary N) is 1. The van der Waals surface area contributed by atoms with Crippen LogP contribution in [0.15, 0.2) is 18.2 Å². The van der Waals surface area contributed by atoms with E-state index in [1.54, 1.807) is 7.11 Å². The van der Waals surface area contributed by atoms with E-state index >= 15 is 0 Å². The number of rotatable bonds is 5. The molecule has 1 aromatic carbocycles. The largest absolute Gasteiger partial charge is 0.496 e. The van der Waals surface area contributed by atoms with Crippen molar-refractivity contribution in [3.8, 4) is 5.75 Å². The summed E-state index contributed by atoms with van der Waals surface area (Å²) in [5.41, 5.74) is 8.17. The van der Waals surface area contributed by atoms with E-state index in [1.807, 2.05) is 6.07 Å². The smallest absolute Gasteiger partial charge is 0.124 e. The van der Waals surface area contributed by atoms with E-state index in [0.717, 1.165) is 24.2 Å². The van der Waals surface area contributed by atoms with E-state index in [2.05, 4.69) is 19.1 Å². The Balaban J connectivity index is 2.06. The van der Waals surface area contributed by atoms with Gasteiger partial charge < -0.3 is 15.2 Å². The first-order valence-corrected chi connectivity index (χ1v) is 7.17. The quantitative estimate of drug-likeness (QED) is 0.887. The van der Waals surface area contributed by atoms with Gasteiger partial charge in [0.15, 0.2) is 0 Å². The third-order valence-corrected chi connectivity index (χ3v) is 4.11. The van der Waals surface area contributed by atoms with Gasteiger partial charge in [0.05, 0.1) is 19.3 Å². The van der Waals surface area contributed by atoms with E-state index in [-0.39, 0.29) is 5.60 Å². The molecule has 0 radical (unpaired) electrons. The molecule has 0 bridgehead atoms. The summed E-state index contributed by atoms with van der Waals surface area (Å²) in [6.07, 6.45) is 5.92. The molecule has 19 heavy (non-hydrogen) atoms. The lowest BCUT2D eigenvalue weighted by Crippen LogP contribution is -2.42. The van der Waals surface area contributed by atoms with Gasteiger partial charge in [0.1, 0.15) is 5.75 Å². The van der Waals surface area contributed by atoms with Crippen LogP contribution in [-0.4, -0.2) is 19.3 Å². The topological polar surface area (TPSA) is 44.5 Å². The van der Waals surface area contributed by atoms with Crippen LogP contribution in [0.4, 0.5) is 0 Å². The van der Waals surface area contributed by atoms with Crippen LogP contribution in [0.2, 0.25) is 0 Å². The second-order valence-corrected chi connectivity index (χ2v) is 5.55. The zero-order valence-electron chi connectivity index (χ0n) is 12.1. The van der Waals surface area contributed by atoms with Crippen LogP contribution in [0, 0.1) is 6.92 Å². The fourth-order valence-corrected chi connectivity index (χ4v) is 2.85. The molecule has 0 saturated heterocycles. The number of hydrogen-bond acceptors (Lipinski definition) is 3. The summed E-state index contributed by atoms with van der Waals surface area (Å²) >= 11 is 0. The highest BCUT2D eigenvalue weighted by Gasteiger charge is 2.31. The van der Waals surface area contributed by atoms with Crippen LogP contribution in [-0.2, 0) is 11.3 Å². The highest BCUT2D eigenvalue weighted by molar-refractivity contribution is 5.36. The molecule has 1 aliphatic carbocycles. The van der Waals surface area contributed by atoms with E-state index in [0.29, 0.717) is 13.2 Å². The van der Waals surface area contributed by atoms with Crippen molar-refractivity contribution in [2.24, 2.45) is 5.73 Å². The number of ether oxygens (including phenoxy) is 2. The molecular weight excluding hydrogens is 238 g/mol. The zero-order valence-corrected chi connectivity index (χ0v) is 12.1. The molecule has 106 valence electrons. The summed E-state index contributed by atoms with van der Waals surface area (Å²) in [6, 6.07) is 6.19. The molecule has 2 N–H and O–H groups in total. The molecule has 0 atom stereocenters. The lowest BCUT2D eigenvalue weighted by molar-refractivity contribution is -0.0738. The third-order valence-electron chi connectivity index (χ3n) is 4.11. The SMILES string of the molecule is COc1ccc(C)cc1COC1(CN)CCCCC1. The number of benzene rings is 1. The van der Waals surface area contributed by atoms with Gasteiger partial charge in [-0.25, -0.2) is 0 Å². The maximum Gasteiger partial charge on any atom is 0.124 e. The molecule has 0 heterocycles. The standard InChI is InChI=1S/C16H25NO2/c1-13-6-7-15(18-2)14(10-13)11-19-16(12-17)8-4-3-5-9-16/h6-7,10H,3-5,8-9,11-12,17H2,1-2H3. The average Bonchev–Trinajstić information content (AvgIpc) is 2.46. The fraction of sp³-hybridized carbons (Fsp3) is 0.625. The lowest BCUT2D eigenvalue weighted by atomic mass is 9.84. The van der Waals surface area contributed by atoms with Crippen LogP contribution in [0.3, 0.4) is 0 Å². The summed E-state index contributed by atoms with van der Waals surface area (Å²) in [5.74, 6) is 0.897. The Morgan fingerprint density at radius 1 is 1.21 bits per heavy atom. The molecule has 1 aliphatic rings. The maximum atomic E-state index is 6.20. The van der Waals surface area contributed by atoms with Crippen molar-refractivity contribution >= 4 is 0 Å². The van der Waals surface area contributed by atoms with Crippen LogP contribution >= 0.6 is 0 Å². The molecule has 3 heteroatoms. The summed E-state index contributed by atoms with van der Waals surface area (Å²) in [7, 11) is 1.70. The molecule has 0 aliphatic heterocycles. The number of hydrogen-bond donors (Lipinski definition) is 1. The minimum absolute atomic E-state index is 0.118. The van der Waals surface area contributed by atoms with Crippen molar-refractivity contribution in [3.05, 3.63) is 29.3 Å². The highest BCUT2D eigenvalue weighted by Crippen LogP contribution is 2.32. The second-order valence-electron chi connectivity index (χ2n) is 5.55. The van der Waals surface area contributed by atoms with Crippen molar-refractivity contribution in [3.63, 3.8) is 0 Å². The minimum Gasteiger partial charge on any atom is -0.496 e. The summed E-state index contributed by atoms with van der Waals surface area (Å²) in [5, 5.41) is 0. The molecule has 0 amide bonds. The molecule has 1 saturated carbocycles. The van der Waals surface area contributed by atoms with Gasteiger partial charge in [0, 0.05) is 12.1 Å².